The van der Waals surface area contributed by atoms with Crippen molar-refractivity contribution in [3.63, 3.8) is 0 Å². The van der Waals surface area contributed by atoms with E-state index >= 15 is 0 Å². The van der Waals surface area contributed by atoms with Crippen LogP contribution >= 0.6 is 0 Å². The number of ether oxygens (including phenoxy) is 2. The summed E-state index contributed by atoms with van der Waals surface area (Å²) in [6, 6.07) is 23.8. The molecule has 186 valence electrons. The van der Waals surface area contributed by atoms with Gasteiger partial charge in [0.2, 0.25) is 5.91 Å². The third-order valence-corrected chi connectivity index (χ3v) is 4.67. The summed E-state index contributed by atoms with van der Waals surface area (Å²) in [6.45, 7) is 0.562. The van der Waals surface area contributed by atoms with Crippen LogP contribution in [0.15, 0.2) is 78.9 Å². The molecule has 3 rings (SSSR count). The molecule has 0 aliphatic heterocycles. The Balaban J connectivity index is 0.000000258. The molecule has 3 aromatic carbocycles. The molecule has 0 heterocycles. The number of amides is 2. The second-order valence-electron chi connectivity index (χ2n) is 7.63. The van der Waals surface area contributed by atoms with Crippen molar-refractivity contribution in [1.29, 1.82) is 0 Å². The summed E-state index contributed by atoms with van der Waals surface area (Å²) in [5.74, 6) is -0.339. The van der Waals surface area contributed by atoms with Crippen molar-refractivity contribution >= 4 is 12.0 Å². The lowest BCUT2D eigenvalue weighted by molar-refractivity contribution is -0.117. The standard InChI is InChI=1S/C17H19FO2.C10H12N2O3/c18-16-10-15(8-4-5-9-19)11-17(12-16)20-13-14-6-2-1-3-7-14;11-9(13)6-12-10(14)15-7-8-4-2-1-3-5-8/h1-3,6-7,10-12,19H,4-5,8-9,13H2;1-5H,6-7H2,(H2,11,13)(H,12,14). The van der Waals surface area contributed by atoms with E-state index in [-0.39, 0.29) is 25.6 Å². The number of aliphatic hydroxyl groups excluding tert-OH is 1. The lowest BCUT2D eigenvalue weighted by atomic mass is 10.1. The number of primary amides is 1. The maximum Gasteiger partial charge on any atom is 0.407 e. The Kier molecular flexibility index (Phi) is 12.4. The van der Waals surface area contributed by atoms with Gasteiger partial charge >= 0.3 is 6.09 Å². The molecule has 7 nitrogen and oxygen atoms in total. The van der Waals surface area contributed by atoms with Crippen molar-refractivity contribution in [1.82, 2.24) is 5.32 Å². The van der Waals surface area contributed by atoms with Crippen molar-refractivity contribution in [2.45, 2.75) is 32.5 Å². The van der Waals surface area contributed by atoms with Gasteiger partial charge in [0.1, 0.15) is 24.8 Å². The van der Waals surface area contributed by atoms with Crippen molar-refractivity contribution in [3.05, 3.63) is 101 Å². The average Bonchev–Trinajstić information content (AvgIpc) is 2.86. The lowest BCUT2D eigenvalue weighted by Crippen LogP contribution is -2.33. The van der Waals surface area contributed by atoms with E-state index < -0.39 is 12.0 Å². The van der Waals surface area contributed by atoms with Crippen LogP contribution in [0.25, 0.3) is 0 Å². The van der Waals surface area contributed by atoms with Crippen molar-refractivity contribution in [2.24, 2.45) is 5.73 Å². The number of nitrogens with one attached hydrogen (secondary N) is 1. The highest BCUT2D eigenvalue weighted by molar-refractivity contribution is 5.80. The summed E-state index contributed by atoms with van der Waals surface area (Å²) in [5.41, 5.74) is 7.68. The first-order valence-electron chi connectivity index (χ1n) is 11.3. The predicted octanol–water partition coefficient (Wildman–Crippen LogP) is 4.12. The van der Waals surface area contributed by atoms with Crippen molar-refractivity contribution in [2.75, 3.05) is 13.2 Å². The largest absolute Gasteiger partial charge is 0.489 e. The number of benzene rings is 3. The highest BCUT2D eigenvalue weighted by Gasteiger charge is 2.04. The number of hydrogen-bond donors (Lipinski definition) is 3. The van der Waals surface area contributed by atoms with Crippen LogP contribution in [0.2, 0.25) is 0 Å². The Bertz CT molecular complexity index is 1030. The van der Waals surface area contributed by atoms with Gasteiger partial charge in [-0.3, -0.25) is 4.79 Å². The minimum atomic E-state index is -0.655. The van der Waals surface area contributed by atoms with Crippen LogP contribution < -0.4 is 15.8 Å². The Morgan fingerprint density at radius 3 is 2.09 bits per heavy atom. The van der Waals surface area contributed by atoms with Crippen LogP contribution in [0, 0.1) is 5.82 Å². The molecular formula is C27H31FN2O5. The first-order valence-corrected chi connectivity index (χ1v) is 11.3. The zero-order chi connectivity index (χ0) is 25.3. The van der Waals surface area contributed by atoms with Gasteiger partial charge in [-0.1, -0.05) is 60.7 Å². The van der Waals surface area contributed by atoms with Crippen molar-refractivity contribution < 1.29 is 28.6 Å². The van der Waals surface area contributed by atoms with E-state index in [0.717, 1.165) is 36.0 Å². The molecule has 0 aromatic heterocycles. The maximum atomic E-state index is 13.5. The van der Waals surface area contributed by atoms with Gasteiger partial charge in [-0.05, 0) is 48.1 Å². The Labute approximate surface area is 204 Å². The summed E-state index contributed by atoms with van der Waals surface area (Å²) in [5, 5.41) is 11.0. The molecule has 0 spiro atoms. The smallest absolute Gasteiger partial charge is 0.407 e. The zero-order valence-electron chi connectivity index (χ0n) is 19.5. The van der Waals surface area contributed by atoms with Crippen LogP contribution in [-0.4, -0.2) is 30.3 Å². The van der Waals surface area contributed by atoms with Gasteiger partial charge in [-0.15, -0.1) is 0 Å². The third-order valence-electron chi connectivity index (χ3n) is 4.67. The van der Waals surface area contributed by atoms with Gasteiger partial charge in [-0.25, -0.2) is 9.18 Å². The number of alkyl carbamates (subject to hydrolysis) is 1. The van der Waals surface area contributed by atoms with E-state index in [2.05, 4.69) is 5.32 Å². The number of hydrogen-bond acceptors (Lipinski definition) is 5. The van der Waals surface area contributed by atoms with Gasteiger partial charge in [0.15, 0.2) is 0 Å². The second kappa shape index (κ2) is 15.8. The SMILES string of the molecule is NC(=O)CNC(=O)OCc1ccccc1.OCCCCc1cc(F)cc(OCc2ccccc2)c1. The lowest BCUT2D eigenvalue weighted by Gasteiger charge is -2.09. The van der Waals surface area contributed by atoms with Crippen LogP contribution in [-0.2, 0) is 29.2 Å². The summed E-state index contributed by atoms with van der Waals surface area (Å²) >= 11 is 0. The molecule has 0 bridgehead atoms. The summed E-state index contributed by atoms with van der Waals surface area (Å²) in [4.78, 5) is 21.3. The number of nitrogens with two attached hydrogens (primary N) is 1. The molecule has 0 saturated carbocycles. The third kappa shape index (κ3) is 12.2. The molecule has 35 heavy (non-hydrogen) atoms. The Morgan fingerprint density at radius 2 is 1.49 bits per heavy atom. The van der Waals surface area contributed by atoms with E-state index in [0.29, 0.717) is 12.4 Å². The first-order chi connectivity index (χ1) is 17.0. The molecule has 0 saturated heterocycles. The van der Waals surface area contributed by atoms with E-state index in [1.165, 1.54) is 12.1 Å². The van der Waals surface area contributed by atoms with Gasteiger partial charge in [-0.2, -0.15) is 0 Å². The molecular weight excluding hydrogens is 451 g/mol. The summed E-state index contributed by atoms with van der Waals surface area (Å²) in [6.07, 6.45) is 1.67. The fourth-order valence-corrected chi connectivity index (χ4v) is 2.96. The fourth-order valence-electron chi connectivity index (χ4n) is 2.96. The molecule has 0 atom stereocenters. The minimum absolute atomic E-state index is 0.172. The Morgan fingerprint density at radius 1 is 0.857 bits per heavy atom. The zero-order valence-corrected chi connectivity index (χ0v) is 19.5. The molecule has 2 amide bonds. The molecule has 0 unspecified atom stereocenters. The molecule has 3 aromatic rings. The fraction of sp³-hybridized carbons (Fsp3) is 0.259. The van der Waals surface area contributed by atoms with E-state index in [1.54, 1.807) is 0 Å². The molecule has 0 aliphatic carbocycles. The minimum Gasteiger partial charge on any atom is -0.489 e. The number of rotatable bonds is 11. The summed E-state index contributed by atoms with van der Waals surface area (Å²) < 4.78 is 24.0. The van der Waals surface area contributed by atoms with Crippen LogP contribution in [0.5, 0.6) is 5.75 Å². The van der Waals surface area contributed by atoms with E-state index in [1.807, 2.05) is 66.7 Å². The first kappa shape index (κ1) is 27.3. The van der Waals surface area contributed by atoms with Crippen LogP contribution in [0.1, 0.15) is 29.5 Å². The normalized spacial score (nSPS) is 10.0. The van der Waals surface area contributed by atoms with Crippen LogP contribution in [0.3, 0.4) is 0 Å². The molecule has 0 fully saturated rings. The highest BCUT2D eigenvalue weighted by Crippen LogP contribution is 2.19. The predicted molar refractivity (Wildman–Crippen MR) is 131 cm³/mol. The maximum absolute atomic E-state index is 13.5. The molecule has 0 radical (unpaired) electrons. The van der Waals surface area contributed by atoms with Crippen LogP contribution in [0.4, 0.5) is 9.18 Å². The van der Waals surface area contributed by atoms with Gasteiger partial charge in [0, 0.05) is 12.7 Å². The number of carbonyl (C=O) groups is 2. The van der Waals surface area contributed by atoms with Gasteiger partial charge in [0.25, 0.3) is 0 Å². The highest BCUT2D eigenvalue weighted by atomic mass is 19.1. The number of unbranched alkanes of at least 4 members (excludes halogenated alkanes) is 1. The topological polar surface area (TPSA) is 111 Å². The monoisotopic (exact) mass is 482 g/mol. The van der Waals surface area contributed by atoms with Gasteiger partial charge in [0.05, 0.1) is 6.54 Å². The average molecular weight is 483 g/mol. The van der Waals surface area contributed by atoms with Crippen molar-refractivity contribution in [3.8, 4) is 5.75 Å². The quantitative estimate of drug-likeness (QED) is 0.356. The van der Waals surface area contributed by atoms with Gasteiger partial charge < -0.3 is 25.6 Å². The second-order valence-corrected chi connectivity index (χ2v) is 7.63. The summed E-state index contributed by atoms with van der Waals surface area (Å²) in [7, 11) is 0. The number of aryl methyl sites for hydroxylation is 1. The van der Waals surface area contributed by atoms with E-state index in [9.17, 15) is 14.0 Å². The number of aliphatic hydroxyl groups is 1. The molecule has 8 heteroatoms. The Hall–Kier alpha value is -3.91. The van der Waals surface area contributed by atoms with E-state index in [4.69, 9.17) is 20.3 Å². The number of carbonyl (C=O) groups excluding carboxylic acids is 2. The molecule has 4 N–H and O–H groups in total. The molecule has 0 aliphatic rings. The number of halogens is 1.